The number of halogens is 2. The molecule has 2 aromatic rings. The number of aromatic nitrogens is 3. The zero-order valence-electron chi connectivity index (χ0n) is 10.9. The van der Waals surface area contributed by atoms with E-state index in [1.54, 1.807) is 10.7 Å². The third-order valence-electron chi connectivity index (χ3n) is 4.19. The highest BCUT2D eigenvalue weighted by molar-refractivity contribution is 9.10. The van der Waals surface area contributed by atoms with E-state index < -0.39 is 0 Å². The zero-order valence-corrected chi connectivity index (χ0v) is 13.3. The van der Waals surface area contributed by atoms with Gasteiger partial charge in [-0.2, -0.15) is 5.10 Å². The molecule has 0 bridgehead atoms. The van der Waals surface area contributed by atoms with E-state index in [1.807, 2.05) is 6.07 Å². The minimum Gasteiger partial charge on any atom is -0.232 e. The topological polar surface area (TPSA) is 30.2 Å². The summed E-state index contributed by atoms with van der Waals surface area (Å²) < 4.78 is 2.58. The van der Waals surface area contributed by atoms with E-state index in [1.165, 1.54) is 25.7 Å². The van der Waals surface area contributed by atoms with Crippen molar-refractivity contribution in [2.24, 2.45) is 5.92 Å². The van der Waals surface area contributed by atoms with E-state index in [2.05, 4.69) is 28.0 Å². The van der Waals surface area contributed by atoms with Crippen LogP contribution >= 0.6 is 27.5 Å². The van der Waals surface area contributed by atoms with Crippen LogP contribution in [0.3, 0.4) is 0 Å². The maximum absolute atomic E-state index is 6.32. The number of fused-ring (bicyclic) bond motifs is 1. The van der Waals surface area contributed by atoms with Crippen LogP contribution in [0.1, 0.15) is 50.6 Å². The lowest BCUT2D eigenvalue weighted by Crippen LogP contribution is -2.12. The first kappa shape index (κ1) is 13.4. The molecule has 3 rings (SSSR count). The molecule has 0 radical (unpaired) electrons. The van der Waals surface area contributed by atoms with Gasteiger partial charge in [0.05, 0.1) is 10.7 Å². The predicted octanol–water partition coefficient (Wildman–Crippen LogP) is 4.83. The Labute approximate surface area is 126 Å². The summed E-state index contributed by atoms with van der Waals surface area (Å²) in [6.45, 7) is 2.24. The maximum Gasteiger partial charge on any atom is 0.171 e. The van der Waals surface area contributed by atoms with Gasteiger partial charge in [0.15, 0.2) is 5.65 Å². The summed E-state index contributed by atoms with van der Waals surface area (Å²) in [6, 6.07) is 1.99. The minimum absolute atomic E-state index is 0.520. The van der Waals surface area contributed by atoms with Crippen molar-refractivity contribution >= 4 is 33.2 Å². The Hall–Kier alpha value is -0.610. The Morgan fingerprint density at radius 1 is 1.47 bits per heavy atom. The van der Waals surface area contributed by atoms with Crippen molar-refractivity contribution in [3.63, 3.8) is 0 Å². The highest BCUT2D eigenvalue weighted by Gasteiger charge is 2.27. The Kier molecular flexibility index (Phi) is 3.81. The van der Waals surface area contributed by atoms with Gasteiger partial charge >= 0.3 is 0 Å². The fraction of sp³-hybridized carbons (Fsp3) is 0.571. The van der Waals surface area contributed by atoms with Crippen molar-refractivity contribution in [3.05, 3.63) is 27.6 Å². The van der Waals surface area contributed by atoms with E-state index in [0.717, 1.165) is 28.2 Å². The second-order valence-electron chi connectivity index (χ2n) is 5.29. The molecule has 2 heterocycles. The summed E-state index contributed by atoms with van der Waals surface area (Å²) in [5.74, 6) is 1.28. The number of hydrogen-bond acceptors (Lipinski definition) is 2. The summed E-state index contributed by atoms with van der Waals surface area (Å²) in [6.07, 6.45) is 8.22. The third kappa shape index (κ3) is 2.40. The molecule has 1 unspecified atom stereocenters. The van der Waals surface area contributed by atoms with Crippen LogP contribution in [-0.4, -0.2) is 14.6 Å². The second kappa shape index (κ2) is 5.41. The lowest BCUT2D eigenvalue weighted by molar-refractivity contribution is 0.416. The predicted molar refractivity (Wildman–Crippen MR) is 80.7 cm³/mol. The van der Waals surface area contributed by atoms with E-state index in [9.17, 15) is 0 Å². The van der Waals surface area contributed by atoms with Crippen LogP contribution in [0, 0.1) is 5.92 Å². The van der Waals surface area contributed by atoms with Crippen molar-refractivity contribution in [2.45, 2.75) is 44.9 Å². The average molecular weight is 343 g/mol. The van der Waals surface area contributed by atoms with Crippen LogP contribution in [0.5, 0.6) is 0 Å². The minimum atomic E-state index is 0.520. The normalized spacial score (nSPS) is 18.3. The smallest absolute Gasteiger partial charge is 0.171 e. The monoisotopic (exact) mass is 341 g/mol. The van der Waals surface area contributed by atoms with Crippen molar-refractivity contribution in [1.82, 2.24) is 14.6 Å². The molecular weight excluding hydrogens is 326 g/mol. The van der Waals surface area contributed by atoms with Gasteiger partial charge in [-0.05, 0) is 47.2 Å². The van der Waals surface area contributed by atoms with Crippen molar-refractivity contribution in [1.29, 1.82) is 0 Å². The lowest BCUT2D eigenvalue weighted by atomic mass is 9.86. The van der Waals surface area contributed by atoms with E-state index in [4.69, 9.17) is 16.6 Å². The maximum atomic E-state index is 6.32. The first-order valence-electron chi connectivity index (χ1n) is 6.90. The molecular formula is C14H17BrClN3. The summed E-state index contributed by atoms with van der Waals surface area (Å²) in [7, 11) is 0. The van der Waals surface area contributed by atoms with Crippen LogP contribution in [0.15, 0.2) is 16.7 Å². The quantitative estimate of drug-likeness (QED) is 0.748. The summed E-state index contributed by atoms with van der Waals surface area (Å²) in [5, 5.41) is 4.86. The molecule has 102 valence electrons. The SMILES string of the molecule is CCC(c1cc(Cl)n2ncc(Br)c2n1)C1CCCC1. The number of rotatable bonds is 3. The molecule has 0 N–H and O–H groups in total. The van der Waals surface area contributed by atoms with Gasteiger partial charge in [-0.1, -0.05) is 31.4 Å². The molecule has 1 aliphatic rings. The van der Waals surface area contributed by atoms with Crippen LogP contribution in [0.2, 0.25) is 5.15 Å². The molecule has 5 heteroatoms. The summed E-state index contributed by atoms with van der Waals surface area (Å²) >= 11 is 9.81. The highest BCUT2D eigenvalue weighted by Crippen LogP contribution is 2.39. The van der Waals surface area contributed by atoms with Crippen molar-refractivity contribution in [3.8, 4) is 0 Å². The summed E-state index contributed by atoms with van der Waals surface area (Å²) in [4.78, 5) is 4.78. The Balaban J connectivity index is 2.05. The van der Waals surface area contributed by atoms with Gasteiger partial charge in [0.1, 0.15) is 5.15 Å². The number of nitrogens with zero attached hydrogens (tertiary/aromatic N) is 3. The third-order valence-corrected chi connectivity index (χ3v) is 5.02. The molecule has 1 aliphatic carbocycles. The van der Waals surface area contributed by atoms with E-state index >= 15 is 0 Å². The van der Waals surface area contributed by atoms with E-state index in [-0.39, 0.29) is 0 Å². The fourth-order valence-electron chi connectivity index (χ4n) is 3.25. The lowest BCUT2D eigenvalue weighted by Gasteiger charge is -2.21. The first-order valence-corrected chi connectivity index (χ1v) is 8.07. The Bertz CT molecular complexity index is 590. The summed E-state index contributed by atoms with van der Waals surface area (Å²) in [5.41, 5.74) is 1.94. The van der Waals surface area contributed by atoms with Crippen LogP contribution in [-0.2, 0) is 0 Å². The van der Waals surface area contributed by atoms with Gasteiger partial charge in [-0.25, -0.2) is 9.50 Å². The van der Waals surface area contributed by atoms with Crippen LogP contribution in [0.4, 0.5) is 0 Å². The molecule has 1 atom stereocenters. The van der Waals surface area contributed by atoms with Gasteiger partial charge in [-0.15, -0.1) is 0 Å². The first-order chi connectivity index (χ1) is 9.20. The molecule has 1 fully saturated rings. The van der Waals surface area contributed by atoms with E-state index in [0.29, 0.717) is 11.1 Å². The molecule has 0 aromatic carbocycles. The molecule has 19 heavy (non-hydrogen) atoms. The molecule has 0 spiro atoms. The van der Waals surface area contributed by atoms with Gasteiger partial charge in [0.25, 0.3) is 0 Å². The standard InChI is InChI=1S/C14H17BrClN3/c1-2-10(9-5-3-4-6-9)12-7-13(16)19-14(18-12)11(15)8-17-19/h7-10H,2-6H2,1H3. The van der Waals surface area contributed by atoms with Gasteiger partial charge in [0, 0.05) is 11.6 Å². The molecule has 2 aromatic heterocycles. The molecule has 0 aliphatic heterocycles. The van der Waals surface area contributed by atoms with Crippen LogP contribution in [0.25, 0.3) is 5.65 Å². The van der Waals surface area contributed by atoms with Crippen molar-refractivity contribution < 1.29 is 0 Å². The molecule has 1 saturated carbocycles. The Morgan fingerprint density at radius 3 is 2.89 bits per heavy atom. The Morgan fingerprint density at radius 2 is 2.21 bits per heavy atom. The van der Waals surface area contributed by atoms with Crippen LogP contribution < -0.4 is 0 Å². The average Bonchev–Trinajstić information content (AvgIpc) is 3.02. The van der Waals surface area contributed by atoms with Gasteiger partial charge in [0.2, 0.25) is 0 Å². The highest BCUT2D eigenvalue weighted by atomic mass is 79.9. The molecule has 3 nitrogen and oxygen atoms in total. The molecule has 0 amide bonds. The largest absolute Gasteiger partial charge is 0.232 e. The zero-order chi connectivity index (χ0) is 13.4. The fourth-order valence-corrected chi connectivity index (χ4v) is 3.83. The molecule has 0 saturated heterocycles. The second-order valence-corrected chi connectivity index (χ2v) is 6.53. The van der Waals surface area contributed by atoms with Gasteiger partial charge in [-0.3, -0.25) is 0 Å². The van der Waals surface area contributed by atoms with Gasteiger partial charge < -0.3 is 0 Å². The number of hydrogen-bond donors (Lipinski definition) is 0. The van der Waals surface area contributed by atoms with Crippen molar-refractivity contribution in [2.75, 3.05) is 0 Å².